The van der Waals surface area contributed by atoms with E-state index in [4.69, 9.17) is 0 Å². The standard InChI is InChI=1S/C76H64N2S/c1-73(2)63-21-13-9-17-55(63)59-37-33-51(43-67(59)73)77(52-34-38-60-56-18-10-14-22-64(56)74(3,4)68(60)44-52)49-29-25-47(26-30-49)71-41-42-72(79-71)48-27-31-50(32-28-48)78(53-35-39-61-57-19-11-15-23-65(57)75(5,6)69(61)45-53)54-36-40-62-58-20-12-16-24-66(58)76(7,8)70(62)46-54/h9-11,13-15,17-46H,12,16H2,1-8H3. The molecular weight excluding hydrogens is 973 g/mol. The number of nitrogens with zero attached hydrogens (tertiary/aromatic N) is 2. The number of hydrogen-bond acceptors (Lipinski definition) is 3. The van der Waals surface area contributed by atoms with Gasteiger partial charge in [-0.05, 0) is 198 Å². The van der Waals surface area contributed by atoms with Gasteiger partial charge in [0, 0.05) is 65.5 Å². The summed E-state index contributed by atoms with van der Waals surface area (Å²) in [4.78, 5) is 7.46. The molecule has 79 heavy (non-hydrogen) atoms. The molecule has 2 nitrogen and oxygen atoms in total. The van der Waals surface area contributed by atoms with Gasteiger partial charge < -0.3 is 9.80 Å². The second-order valence-electron chi connectivity index (χ2n) is 24.8. The lowest BCUT2D eigenvalue weighted by atomic mass is 9.80. The Morgan fingerprint density at radius 1 is 0.291 bits per heavy atom. The first kappa shape index (κ1) is 47.9. The molecule has 0 radical (unpaired) electrons. The average molecular weight is 1040 g/mol. The molecule has 5 aliphatic carbocycles. The molecule has 0 saturated heterocycles. The number of rotatable bonds is 8. The van der Waals surface area contributed by atoms with E-state index in [1.807, 2.05) is 11.3 Å². The maximum absolute atomic E-state index is 2.49. The second kappa shape index (κ2) is 17.1. The zero-order valence-electron chi connectivity index (χ0n) is 46.5. The molecule has 0 aliphatic heterocycles. The minimum Gasteiger partial charge on any atom is -0.310 e. The van der Waals surface area contributed by atoms with Gasteiger partial charge in [0.15, 0.2) is 0 Å². The first-order valence-corrected chi connectivity index (χ1v) is 29.2. The van der Waals surface area contributed by atoms with Crippen LogP contribution in [0.15, 0.2) is 224 Å². The van der Waals surface area contributed by atoms with Crippen molar-refractivity contribution < 1.29 is 0 Å². The van der Waals surface area contributed by atoms with Crippen LogP contribution in [0.25, 0.3) is 59.8 Å². The second-order valence-corrected chi connectivity index (χ2v) is 25.9. The molecule has 1 aromatic heterocycles. The van der Waals surface area contributed by atoms with Crippen LogP contribution >= 0.6 is 11.3 Å². The largest absolute Gasteiger partial charge is 0.310 e. The molecule has 0 fully saturated rings. The Morgan fingerprint density at radius 3 is 1.00 bits per heavy atom. The fourth-order valence-electron chi connectivity index (χ4n) is 14.7. The van der Waals surface area contributed by atoms with Gasteiger partial charge in [-0.25, -0.2) is 0 Å². The summed E-state index contributed by atoms with van der Waals surface area (Å²) in [5.41, 5.74) is 31.0. The summed E-state index contributed by atoms with van der Waals surface area (Å²) in [6, 6.07) is 78.6. The van der Waals surface area contributed by atoms with Crippen molar-refractivity contribution in [1.29, 1.82) is 0 Å². The Morgan fingerprint density at radius 2 is 0.608 bits per heavy atom. The smallest absolute Gasteiger partial charge is 0.0465 e. The van der Waals surface area contributed by atoms with Gasteiger partial charge in [-0.1, -0.05) is 189 Å². The quantitative estimate of drug-likeness (QED) is 0.150. The van der Waals surface area contributed by atoms with E-state index in [-0.39, 0.29) is 21.7 Å². The average Bonchev–Trinajstić information content (AvgIpc) is 4.40. The van der Waals surface area contributed by atoms with E-state index in [2.05, 4.69) is 284 Å². The molecule has 15 rings (SSSR count). The van der Waals surface area contributed by atoms with Crippen molar-refractivity contribution in [3.63, 3.8) is 0 Å². The van der Waals surface area contributed by atoms with Crippen LogP contribution < -0.4 is 9.80 Å². The van der Waals surface area contributed by atoms with Gasteiger partial charge in [0.25, 0.3) is 0 Å². The normalized spacial score (nSPS) is 16.6. The van der Waals surface area contributed by atoms with Gasteiger partial charge in [0.1, 0.15) is 0 Å². The molecule has 0 unspecified atom stereocenters. The molecule has 0 spiro atoms. The number of fused-ring (bicyclic) bond motifs is 12. The Bertz CT molecular complexity index is 4140. The van der Waals surface area contributed by atoms with Gasteiger partial charge in [-0.15, -0.1) is 11.3 Å². The monoisotopic (exact) mass is 1040 g/mol. The fraction of sp³-hybridized carbons (Fsp3) is 0.184. The maximum atomic E-state index is 2.49. The minimum absolute atomic E-state index is 0.0639. The van der Waals surface area contributed by atoms with Crippen LogP contribution in [-0.2, 0) is 21.7 Å². The molecule has 0 N–H and O–H groups in total. The van der Waals surface area contributed by atoms with E-state index in [1.165, 1.54) is 133 Å². The van der Waals surface area contributed by atoms with Gasteiger partial charge in [-0.2, -0.15) is 0 Å². The van der Waals surface area contributed by atoms with Crippen molar-refractivity contribution >= 4 is 51.0 Å². The summed E-state index contributed by atoms with van der Waals surface area (Å²) in [7, 11) is 0. The Kier molecular flexibility index (Phi) is 10.4. The minimum atomic E-state index is -0.113. The van der Waals surface area contributed by atoms with Gasteiger partial charge in [0.05, 0.1) is 0 Å². The molecule has 0 bridgehead atoms. The molecule has 9 aromatic carbocycles. The van der Waals surface area contributed by atoms with E-state index >= 15 is 0 Å². The van der Waals surface area contributed by atoms with Crippen LogP contribution in [0, 0.1) is 0 Å². The zero-order valence-corrected chi connectivity index (χ0v) is 47.3. The zero-order chi connectivity index (χ0) is 53.7. The first-order valence-electron chi connectivity index (χ1n) is 28.4. The van der Waals surface area contributed by atoms with Crippen molar-refractivity contribution in [2.75, 3.05) is 9.80 Å². The summed E-state index contributed by atoms with van der Waals surface area (Å²) in [5.74, 6) is 0. The highest BCUT2D eigenvalue weighted by Gasteiger charge is 2.41. The molecular formula is C76H64N2S. The van der Waals surface area contributed by atoms with Crippen molar-refractivity contribution in [1.82, 2.24) is 0 Å². The van der Waals surface area contributed by atoms with Crippen LogP contribution in [0.3, 0.4) is 0 Å². The van der Waals surface area contributed by atoms with Gasteiger partial charge in [-0.3, -0.25) is 0 Å². The Balaban J connectivity index is 0.772. The lowest BCUT2D eigenvalue weighted by Crippen LogP contribution is -2.18. The summed E-state index contributed by atoms with van der Waals surface area (Å²) >= 11 is 1.86. The van der Waals surface area contributed by atoms with Crippen LogP contribution in [0.1, 0.15) is 113 Å². The molecule has 3 heteroatoms. The summed E-state index contributed by atoms with van der Waals surface area (Å²) in [5, 5.41) is 0. The third-order valence-corrected chi connectivity index (χ3v) is 20.1. The highest BCUT2D eigenvalue weighted by Crippen LogP contribution is 2.56. The molecule has 0 atom stereocenters. The van der Waals surface area contributed by atoms with Crippen molar-refractivity contribution in [3.8, 4) is 54.3 Å². The molecule has 0 saturated carbocycles. The molecule has 384 valence electrons. The lowest BCUT2D eigenvalue weighted by Gasteiger charge is -2.30. The summed E-state index contributed by atoms with van der Waals surface area (Å²) < 4.78 is 0. The fourth-order valence-corrected chi connectivity index (χ4v) is 15.7. The molecule has 1 heterocycles. The number of allylic oxidation sites excluding steroid dienone is 4. The van der Waals surface area contributed by atoms with Crippen LogP contribution in [0.4, 0.5) is 34.1 Å². The third-order valence-electron chi connectivity index (χ3n) is 19.0. The van der Waals surface area contributed by atoms with E-state index in [0.29, 0.717) is 0 Å². The third kappa shape index (κ3) is 7.08. The van der Waals surface area contributed by atoms with Crippen molar-refractivity contribution in [2.24, 2.45) is 0 Å². The predicted octanol–water partition coefficient (Wildman–Crippen LogP) is 21.3. The topological polar surface area (TPSA) is 6.48 Å². The number of hydrogen-bond donors (Lipinski definition) is 0. The Hall–Kier alpha value is -8.24. The summed E-state index contributed by atoms with van der Waals surface area (Å²) in [6.45, 7) is 19.1. The lowest BCUT2D eigenvalue weighted by molar-refractivity contribution is 0.654. The van der Waals surface area contributed by atoms with E-state index in [9.17, 15) is 0 Å². The predicted molar refractivity (Wildman–Crippen MR) is 336 cm³/mol. The summed E-state index contributed by atoms with van der Waals surface area (Å²) in [6.07, 6.45) is 7.16. The van der Waals surface area contributed by atoms with Crippen molar-refractivity contribution in [2.45, 2.75) is 89.9 Å². The van der Waals surface area contributed by atoms with Crippen LogP contribution in [-0.4, -0.2) is 0 Å². The number of benzene rings is 9. The SMILES string of the molecule is CC1(C)C2=CCCC=C2c2ccc(N(c3ccc(-c4ccc(-c5ccc(N(c6ccc7c(c6)C(C)(C)c6ccccc6-7)c6ccc7c(c6)C(C)(C)c6ccccc6-7)cc5)s4)cc3)c3ccc4c(c3)C(C)(C)c3ccccc3-4)cc21. The number of thiophene rings is 1. The maximum Gasteiger partial charge on any atom is 0.0465 e. The van der Waals surface area contributed by atoms with Gasteiger partial charge >= 0.3 is 0 Å². The molecule has 0 amide bonds. The highest BCUT2D eigenvalue weighted by atomic mass is 32.1. The highest BCUT2D eigenvalue weighted by molar-refractivity contribution is 7.18. The van der Waals surface area contributed by atoms with Crippen LogP contribution in [0.5, 0.6) is 0 Å². The van der Waals surface area contributed by atoms with E-state index in [0.717, 1.165) is 24.2 Å². The van der Waals surface area contributed by atoms with E-state index < -0.39 is 0 Å². The number of anilines is 6. The first-order chi connectivity index (χ1) is 38.2. The van der Waals surface area contributed by atoms with Crippen LogP contribution in [0.2, 0.25) is 0 Å². The van der Waals surface area contributed by atoms with E-state index in [1.54, 1.807) is 0 Å². The molecule has 10 aromatic rings. The van der Waals surface area contributed by atoms with Crippen molar-refractivity contribution in [3.05, 3.63) is 268 Å². The Labute approximate surface area is 470 Å². The van der Waals surface area contributed by atoms with Gasteiger partial charge in [0.2, 0.25) is 0 Å². The molecule has 5 aliphatic rings.